The highest BCUT2D eigenvalue weighted by molar-refractivity contribution is 6.76. The molecule has 1 heterocycles. The molecule has 1 aromatic carbocycles. The van der Waals surface area contributed by atoms with E-state index in [4.69, 9.17) is 0 Å². The molecule has 170 valence electrons. The highest BCUT2D eigenvalue weighted by Crippen LogP contribution is 2.59. The lowest BCUT2D eigenvalue weighted by Gasteiger charge is -2.51. The van der Waals surface area contributed by atoms with E-state index in [1.54, 1.807) is 0 Å². The molecule has 5 unspecified atom stereocenters. The van der Waals surface area contributed by atoms with Crippen molar-refractivity contribution in [1.29, 1.82) is 0 Å². The van der Waals surface area contributed by atoms with Gasteiger partial charge in [-0.25, -0.2) is 0 Å². The van der Waals surface area contributed by atoms with Gasteiger partial charge in [-0.15, -0.1) is 0 Å². The standard InChI is InChI=1S/C30H36N2Si/c1-30(2)31-28-22(21-13-6-5-7-14-21)19-12-20-27(28)32(30)33(3,4)29-25-17-10-8-15-23(25)24-16-9-11-18-26(24)29/h5-20,23-29,31H,1-4H3/t23?,24?,25?,26?,27-,28?,29?/m1/s1. The lowest BCUT2D eigenvalue weighted by Crippen LogP contribution is -2.64. The first kappa shape index (κ1) is 21.3. The van der Waals surface area contributed by atoms with E-state index < -0.39 is 8.24 Å². The first-order valence-corrected chi connectivity index (χ1v) is 15.6. The summed E-state index contributed by atoms with van der Waals surface area (Å²) in [6.45, 7) is 10.1. The molecule has 6 atom stereocenters. The van der Waals surface area contributed by atoms with E-state index in [0.717, 1.165) is 0 Å². The van der Waals surface area contributed by atoms with Gasteiger partial charge in [0.25, 0.3) is 0 Å². The van der Waals surface area contributed by atoms with Crippen molar-refractivity contribution in [2.75, 3.05) is 0 Å². The van der Waals surface area contributed by atoms with Crippen LogP contribution in [-0.2, 0) is 0 Å². The van der Waals surface area contributed by atoms with Crippen molar-refractivity contribution < 1.29 is 0 Å². The fourth-order valence-corrected chi connectivity index (χ4v) is 13.4. The highest BCUT2D eigenvalue weighted by atomic mass is 28.3. The molecule has 33 heavy (non-hydrogen) atoms. The zero-order chi connectivity index (χ0) is 22.8. The molecule has 1 N–H and O–H groups in total. The van der Waals surface area contributed by atoms with Crippen LogP contribution in [0.4, 0.5) is 0 Å². The number of nitrogens with zero attached hydrogens (tertiary/aromatic N) is 1. The molecule has 5 aliphatic rings. The number of hydrogen-bond acceptors (Lipinski definition) is 2. The number of fused-ring (bicyclic) bond motifs is 4. The van der Waals surface area contributed by atoms with E-state index >= 15 is 0 Å². The minimum atomic E-state index is -1.91. The van der Waals surface area contributed by atoms with Gasteiger partial charge >= 0.3 is 0 Å². The molecular weight excluding hydrogens is 416 g/mol. The second-order valence-electron chi connectivity index (χ2n) is 11.4. The predicted molar refractivity (Wildman–Crippen MR) is 142 cm³/mol. The van der Waals surface area contributed by atoms with Gasteiger partial charge in [0.15, 0.2) is 0 Å². The first-order valence-electron chi connectivity index (χ1n) is 12.6. The molecule has 1 aliphatic heterocycles. The van der Waals surface area contributed by atoms with Gasteiger partial charge in [0.1, 0.15) is 8.24 Å². The van der Waals surface area contributed by atoms with Crippen molar-refractivity contribution >= 4 is 13.8 Å². The number of benzene rings is 1. The van der Waals surface area contributed by atoms with Crippen molar-refractivity contribution in [1.82, 2.24) is 9.88 Å². The second kappa shape index (κ2) is 7.66. The average Bonchev–Trinajstić information content (AvgIpc) is 3.30. The van der Waals surface area contributed by atoms with Gasteiger partial charge in [-0.3, -0.25) is 9.88 Å². The van der Waals surface area contributed by atoms with Crippen molar-refractivity contribution in [2.24, 2.45) is 23.7 Å². The molecule has 1 saturated carbocycles. The lowest BCUT2D eigenvalue weighted by atomic mass is 9.83. The third-order valence-electron chi connectivity index (χ3n) is 8.93. The minimum absolute atomic E-state index is 0.0520. The van der Waals surface area contributed by atoms with Crippen molar-refractivity contribution in [3.05, 3.63) is 103 Å². The summed E-state index contributed by atoms with van der Waals surface area (Å²) in [4.78, 5) is 0. The Morgan fingerprint density at radius 3 is 1.94 bits per heavy atom. The van der Waals surface area contributed by atoms with Crippen molar-refractivity contribution in [3.8, 4) is 0 Å². The van der Waals surface area contributed by atoms with E-state index in [-0.39, 0.29) is 5.66 Å². The number of hydrogen-bond donors (Lipinski definition) is 1. The smallest absolute Gasteiger partial charge is 0.129 e. The van der Waals surface area contributed by atoms with Gasteiger partial charge in [-0.1, -0.05) is 110 Å². The Morgan fingerprint density at radius 2 is 1.33 bits per heavy atom. The molecular formula is C30H36N2Si. The highest BCUT2D eigenvalue weighted by Gasteiger charge is 2.61. The van der Waals surface area contributed by atoms with Crippen LogP contribution in [-0.4, -0.2) is 30.5 Å². The Hall–Kier alpha value is -2.20. The monoisotopic (exact) mass is 452 g/mol. The molecule has 0 amide bonds. The van der Waals surface area contributed by atoms with Crippen LogP contribution in [0.5, 0.6) is 0 Å². The fourth-order valence-electron chi connectivity index (χ4n) is 8.03. The largest absolute Gasteiger partial charge is 0.299 e. The number of rotatable bonds is 3. The zero-order valence-corrected chi connectivity index (χ0v) is 21.2. The van der Waals surface area contributed by atoms with Crippen LogP contribution in [0.25, 0.3) is 5.57 Å². The van der Waals surface area contributed by atoms with Crippen LogP contribution in [0.2, 0.25) is 18.6 Å². The summed E-state index contributed by atoms with van der Waals surface area (Å²) in [6, 6.07) is 11.7. The molecule has 1 aromatic rings. The molecule has 2 fully saturated rings. The predicted octanol–water partition coefficient (Wildman–Crippen LogP) is 6.32. The molecule has 4 aliphatic carbocycles. The average molecular weight is 453 g/mol. The zero-order valence-electron chi connectivity index (χ0n) is 20.2. The Morgan fingerprint density at radius 1 is 0.758 bits per heavy atom. The van der Waals surface area contributed by atoms with Gasteiger partial charge in [0.05, 0.1) is 11.7 Å². The maximum absolute atomic E-state index is 4.08. The maximum atomic E-state index is 4.08. The fraction of sp³-hybridized carbons (Fsp3) is 0.400. The maximum Gasteiger partial charge on any atom is 0.129 e. The van der Waals surface area contributed by atoms with Gasteiger partial charge in [0.2, 0.25) is 0 Å². The molecule has 3 heteroatoms. The summed E-state index contributed by atoms with van der Waals surface area (Å²) in [5.74, 6) is 2.53. The molecule has 6 rings (SSSR count). The van der Waals surface area contributed by atoms with Crippen LogP contribution < -0.4 is 5.32 Å². The summed E-state index contributed by atoms with van der Waals surface area (Å²) >= 11 is 0. The van der Waals surface area contributed by atoms with Crippen molar-refractivity contribution in [2.45, 2.75) is 50.2 Å². The van der Waals surface area contributed by atoms with Gasteiger partial charge in [-0.2, -0.15) is 0 Å². The number of allylic oxidation sites excluding steroid dienone is 10. The van der Waals surface area contributed by atoms with Crippen LogP contribution in [0.15, 0.2) is 97.2 Å². The van der Waals surface area contributed by atoms with Crippen LogP contribution in [0, 0.1) is 23.7 Å². The lowest BCUT2D eigenvalue weighted by molar-refractivity contribution is 0.227. The van der Waals surface area contributed by atoms with E-state index in [2.05, 4.69) is 134 Å². The Kier molecular flexibility index (Phi) is 4.95. The summed E-state index contributed by atoms with van der Waals surface area (Å²) < 4.78 is 2.94. The number of nitrogens with one attached hydrogen (secondary N) is 1. The van der Waals surface area contributed by atoms with Crippen molar-refractivity contribution in [3.63, 3.8) is 0 Å². The van der Waals surface area contributed by atoms with Gasteiger partial charge in [-0.05, 0) is 54.2 Å². The molecule has 0 bridgehead atoms. The summed E-state index contributed by atoms with van der Waals surface area (Å²) in [5, 5.41) is 4.08. The van der Waals surface area contributed by atoms with Gasteiger partial charge < -0.3 is 0 Å². The summed E-state index contributed by atoms with van der Waals surface area (Å²) in [7, 11) is -1.91. The third kappa shape index (κ3) is 3.20. The van der Waals surface area contributed by atoms with E-state index in [0.29, 0.717) is 41.3 Å². The van der Waals surface area contributed by atoms with E-state index in [9.17, 15) is 0 Å². The summed E-state index contributed by atoms with van der Waals surface area (Å²) in [5.41, 5.74) is 3.40. The van der Waals surface area contributed by atoms with Crippen LogP contribution in [0.3, 0.4) is 0 Å². The topological polar surface area (TPSA) is 15.3 Å². The molecule has 2 nitrogen and oxygen atoms in total. The third-order valence-corrected chi connectivity index (χ3v) is 13.4. The molecule has 0 radical (unpaired) electrons. The first-order chi connectivity index (χ1) is 15.9. The molecule has 1 saturated heterocycles. The molecule has 0 aromatic heterocycles. The minimum Gasteiger partial charge on any atom is -0.299 e. The van der Waals surface area contributed by atoms with Gasteiger partial charge in [0, 0.05) is 6.04 Å². The van der Waals surface area contributed by atoms with E-state index in [1.165, 1.54) is 11.1 Å². The molecule has 0 spiro atoms. The summed E-state index contributed by atoms with van der Waals surface area (Å²) in [6.07, 6.45) is 26.3. The van der Waals surface area contributed by atoms with Crippen LogP contribution in [0.1, 0.15) is 19.4 Å². The Balaban J connectivity index is 1.40. The van der Waals surface area contributed by atoms with Crippen LogP contribution >= 0.6 is 0 Å². The Labute approximate surface area is 200 Å². The quantitative estimate of drug-likeness (QED) is 0.540. The normalized spacial score (nSPS) is 38.2. The second-order valence-corrected chi connectivity index (χ2v) is 15.9. The van der Waals surface area contributed by atoms with E-state index in [1.807, 2.05) is 0 Å². The Bertz CT molecular complexity index is 1070. The SMILES string of the molecule is CC1(C)NC2C(c3ccccc3)=CC=C[C@H]2N1[Si](C)(C)C1C2C=CC=CC2C2C=CC=CC21.